The molecule has 0 aliphatic carbocycles. The van der Waals surface area contributed by atoms with Gasteiger partial charge in [0.15, 0.2) is 5.82 Å². The van der Waals surface area contributed by atoms with E-state index < -0.39 is 0 Å². The molecule has 25 heavy (non-hydrogen) atoms. The number of unbranched alkanes of at least 4 members (excludes halogenated alkanes) is 3. The van der Waals surface area contributed by atoms with Crippen LogP contribution < -0.4 is 5.32 Å². The molecule has 142 valence electrons. The summed E-state index contributed by atoms with van der Waals surface area (Å²) in [6.45, 7) is 8.76. The van der Waals surface area contributed by atoms with Gasteiger partial charge in [-0.1, -0.05) is 51.6 Å². The molecule has 0 bridgehead atoms. The zero-order valence-electron chi connectivity index (χ0n) is 16.1. The first-order valence-electron chi connectivity index (χ1n) is 9.53. The van der Waals surface area contributed by atoms with Crippen LogP contribution in [0.15, 0.2) is 10.6 Å². The molecule has 1 aromatic rings. The van der Waals surface area contributed by atoms with Crippen LogP contribution in [0.1, 0.15) is 71.5 Å². The van der Waals surface area contributed by atoms with Crippen molar-refractivity contribution >= 4 is 17.6 Å². The fraction of sp³-hybridized carbons (Fsp3) is 0.737. The Morgan fingerprint density at radius 3 is 2.48 bits per heavy atom. The van der Waals surface area contributed by atoms with Gasteiger partial charge in [-0.05, 0) is 26.2 Å². The van der Waals surface area contributed by atoms with Gasteiger partial charge in [-0.15, -0.1) is 0 Å². The van der Waals surface area contributed by atoms with Gasteiger partial charge in [0, 0.05) is 18.5 Å². The number of aromatic nitrogens is 1. The first-order chi connectivity index (χ1) is 12.0. The molecule has 0 radical (unpaired) electrons. The lowest BCUT2D eigenvalue weighted by Crippen LogP contribution is -2.42. The third-order valence-corrected chi connectivity index (χ3v) is 4.32. The average Bonchev–Trinajstić information content (AvgIpc) is 2.99. The summed E-state index contributed by atoms with van der Waals surface area (Å²) < 4.78 is 4.95. The van der Waals surface area contributed by atoms with Gasteiger partial charge >= 0.3 is 0 Å². The number of nitrogens with zero attached hydrogens (tertiary/aromatic N) is 2. The highest BCUT2D eigenvalue weighted by atomic mass is 16.5. The van der Waals surface area contributed by atoms with Gasteiger partial charge in [0.2, 0.25) is 11.8 Å². The van der Waals surface area contributed by atoms with Crippen molar-refractivity contribution in [2.24, 2.45) is 5.92 Å². The predicted molar refractivity (Wildman–Crippen MR) is 99.3 cm³/mol. The summed E-state index contributed by atoms with van der Waals surface area (Å²) in [6, 6.07) is 1.66. The summed E-state index contributed by atoms with van der Waals surface area (Å²) in [4.78, 5) is 26.9. The summed E-state index contributed by atoms with van der Waals surface area (Å²) >= 11 is 0. The molecule has 0 saturated heterocycles. The van der Waals surface area contributed by atoms with Crippen molar-refractivity contribution in [2.75, 3.05) is 18.4 Å². The van der Waals surface area contributed by atoms with E-state index in [4.69, 9.17) is 4.52 Å². The zero-order chi connectivity index (χ0) is 18.7. The number of rotatable bonds is 12. The third-order valence-electron chi connectivity index (χ3n) is 4.32. The Hall–Kier alpha value is -1.85. The Kier molecular flexibility index (Phi) is 9.88. The average molecular weight is 351 g/mol. The number of hydrogen-bond donors (Lipinski definition) is 1. The highest BCUT2D eigenvalue weighted by molar-refractivity contribution is 5.94. The van der Waals surface area contributed by atoms with Gasteiger partial charge < -0.3 is 14.7 Å². The lowest BCUT2D eigenvalue weighted by Gasteiger charge is -2.26. The molecule has 0 aliphatic heterocycles. The number of anilines is 1. The van der Waals surface area contributed by atoms with E-state index in [2.05, 4.69) is 24.3 Å². The minimum absolute atomic E-state index is 0.00340. The van der Waals surface area contributed by atoms with Crippen molar-refractivity contribution in [2.45, 2.75) is 72.6 Å². The Balaban J connectivity index is 2.69. The van der Waals surface area contributed by atoms with E-state index in [9.17, 15) is 9.59 Å². The monoisotopic (exact) mass is 351 g/mol. The maximum atomic E-state index is 12.9. The van der Waals surface area contributed by atoms with Crippen LogP contribution in [0.5, 0.6) is 0 Å². The molecule has 2 amide bonds. The van der Waals surface area contributed by atoms with Gasteiger partial charge in [-0.25, -0.2) is 0 Å². The predicted octanol–water partition coefficient (Wildman–Crippen LogP) is 4.16. The summed E-state index contributed by atoms with van der Waals surface area (Å²) in [5.74, 6) is 0.893. The quantitative estimate of drug-likeness (QED) is 0.574. The molecule has 0 aromatic carbocycles. The van der Waals surface area contributed by atoms with E-state index in [1.54, 1.807) is 17.9 Å². The summed E-state index contributed by atoms with van der Waals surface area (Å²) in [5, 5.41) is 6.47. The summed E-state index contributed by atoms with van der Waals surface area (Å²) in [5.41, 5.74) is 0. The van der Waals surface area contributed by atoms with Crippen LogP contribution in [0, 0.1) is 12.8 Å². The lowest BCUT2D eigenvalue weighted by molar-refractivity contribution is -0.138. The lowest BCUT2D eigenvalue weighted by atomic mass is 9.97. The van der Waals surface area contributed by atoms with Crippen molar-refractivity contribution in [3.63, 3.8) is 0 Å². The minimum Gasteiger partial charge on any atom is -0.360 e. The van der Waals surface area contributed by atoms with Gasteiger partial charge in [0.1, 0.15) is 5.76 Å². The fourth-order valence-electron chi connectivity index (χ4n) is 2.81. The van der Waals surface area contributed by atoms with E-state index >= 15 is 0 Å². The molecule has 1 atom stereocenters. The van der Waals surface area contributed by atoms with Crippen LogP contribution >= 0.6 is 0 Å². The van der Waals surface area contributed by atoms with Crippen LogP contribution in [0.3, 0.4) is 0 Å². The first kappa shape index (κ1) is 21.2. The standard InChI is InChI=1S/C19H33N3O3/c1-5-8-10-12-22(19(24)16(7-3)11-9-6-2)14-18(23)20-17-13-15(4)25-21-17/h13,16H,5-12,14H2,1-4H3,(H,20,21,23)/t16-/m0/s1. The van der Waals surface area contributed by atoms with E-state index in [0.717, 1.165) is 44.9 Å². The van der Waals surface area contributed by atoms with Gasteiger partial charge in [-0.3, -0.25) is 9.59 Å². The molecule has 1 heterocycles. The Morgan fingerprint density at radius 1 is 1.20 bits per heavy atom. The molecule has 0 spiro atoms. The van der Waals surface area contributed by atoms with Crippen molar-refractivity contribution in [3.05, 3.63) is 11.8 Å². The maximum Gasteiger partial charge on any atom is 0.245 e. The second-order valence-corrected chi connectivity index (χ2v) is 6.59. The minimum atomic E-state index is -0.233. The first-order valence-corrected chi connectivity index (χ1v) is 9.53. The molecule has 0 aliphatic rings. The summed E-state index contributed by atoms with van der Waals surface area (Å²) in [6.07, 6.45) is 6.87. The van der Waals surface area contributed by atoms with E-state index in [1.165, 1.54) is 0 Å². The maximum absolute atomic E-state index is 12.9. The largest absolute Gasteiger partial charge is 0.360 e. The van der Waals surface area contributed by atoms with Crippen LogP contribution in [0.4, 0.5) is 5.82 Å². The van der Waals surface area contributed by atoms with Crippen molar-refractivity contribution in [1.29, 1.82) is 0 Å². The van der Waals surface area contributed by atoms with Crippen molar-refractivity contribution in [3.8, 4) is 0 Å². The number of carbonyl (C=O) groups is 2. The molecule has 0 unspecified atom stereocenters. The Bertz CT molecular complexity index is 528. The van der Waals surface area contributed by atoms with E-state index in [1.807, 2.05) is 6.92 Å². The smallest absolute Gasteiger partial charge is 0.245 e. The van der Waals surface area contributed by atoms with Crippen LogP contribution in [0.25, 0.3) is 0 Å². The number of aryl methyl sites for hydroxylation is 1. The molecule has 1 aromatic heterocycles. The van der Waals surface area contributed by atoms with Crippen LogP contribution in [-0.2, 0) is 9.59 Å². The molecular weight excluding hydrogens is 318 g/mol. The molecular formula is C19H33N3O3. The highest BCUT2D eigenvalue weighted by Crippen LogP contribution is 2.17. The molecule has 1 N–H and O–H groups in total. The molecule has 0 fully saturated rings. The summed E-state index contributed by atoms with van der Waals surface area (Å²) in [7, 11) is 0. The van der Waals surface area contributed by atoms with Crippen molar-refractivity contribution in [1.82, 2.24) is 10.1 Å². The number of carbonyl (C=O) groups excluding carboxylic acids is 2. The second-order valence-electron chi connectivity index (χ2n) is 6.59. The third kappa shape index (κ3) is 7.71. The molecule has 1 rings (SSSR count). The van der Waals surface area contributed by atoms with Crippen LogP contribution in [-0.4, -0.2) is 35.0 Å². The highest BCUT2D eigenvalue weighted by Gasteiger charge is 2.24. The number of nitrogens with one attached hydrogen (secondary N) is 1. The van der Waals surface area contributed by atoms with E-state index in [-0.39, 0.29) is 24.3 Å². The van der Waals surface area contributed by atoms with Crippen molar-refractivity contribution < 1.29 is 14.1 Å². The molecule has 6 nitrogen and oxygen atoms in total. The SMILES string of the molecule is CCCCCN(CC(=O)Nc1cc(C)on1)C(=O)[C@@H](CC)CCCC. The second kappa shape index (κ2) is 11.7. The molecule has 6 heteroatoms. The van der Waals surface area contributed by atoms with Gasteiger partial charge in [0.05, 0.1) is 6.54 Å². The fourth-order valence-corrected chi connectivity index (χ4v) is 2.81. The normalized spacial score (nSPS) is 12.0. The van der Waals surface area contributed by atoms with E-state index in [0.29, 0.717) is 18.1 Å². The van der Waals surface area contributed by atoms with Gasteiger partial charge in [0.25, 0.3) is 0 Å². The Labute approximate surface area is 151 Å². The Morgan fingerprint density at radius 2 is 1.92 bits per heavy atom. The topological polar surface area (TPSA) is 75.4 Å². The van der Waals surface area contributed by atoms with Crippen LogP contribution in [0.2, 0.25) is 0 Å². The van der Waals surface area contributed by atoms with Gasteiger partial charge in [-0.2, -0.15) is 0 Å². The molecule has 0 saturated carbocycles. The number of hydrogen-bond acceptors (Lipinski definition) is 4. The zero-order valence-corrected chi connectivity index (χ0v) is 16.1. The number of amides is 2.